The molecule has 0 amide bonds. The molecule has 1 fully saturated rings. The third-order valence-corrected chi connectivity index (χ3v) is 3.94. The number of nitrogens with one attached hydrogen (secondary N) is 2. The molecule has 4 rings (SSSR count). The number of hydrogen-bond donors (Lipinski definition) is 2. The highest BCUT2D eigenvalue weighted by Gasteiger charge is 2.15. The molecular weight excluding hydrogens is 278 g/mol. The van der Waals surface area contributed by atoms with E-state index in [0.717, 1.165) is 48.3 Å². The Labute approximate surface area is 128 Å². The number of fused-ring (bicyclic) bond motifs is 1. The lowest BCUT2D eigenvalue weighted by atomic mass is 10.1. The zero-order valence-corrected chi connectivity index (χ0v) is 12.1. The minimum absolute atomic E-state index is 0.383. The van der Waals surface area contributed by atoms with Crippen LogP contribution in [0.4, 0.5) is 5.95 Å². The Balaban J connectivity index is 1.63. The van der Waals surface area contributed by atoms with E-state index in [9.17, 15) is 0 Å². The van der Waals surface area contributed by atoms with Crippen LogP contribution in [0.2, 0.25) is 0 Å². The third-order valence-electron chi connectivity index (χ3n) is 3.94. The van der Waals surface area contributed by atoms with E-state index in [0.29, 0.717) is 12.0 Å². The van der Waals surface area contributed by atoms with Gasteiger partial charge < -0.3 is 15.0 Å². The Kier molecular flexibility index (Phi) is 3.44. The van der Waals surface area contributed by atoms with Crippen LogP contribution in [0.15, 0.2) is 36.8 Å². The fraction of sp³-hybridized carbons (Fsp3) is 0.312. The van der Waals surface area contributed by atoms with Crippen molar-refractivity contribution >= 4 is 17.0 Å². The number of aromatic amines is 1. The SMILES string of the molecule is c1cnc2[nH]cc(-c3ccnc(NC4CCOCC4)n3)c2c1. The van der Waals surface area contributed by atoms with Crippen molar-refractivity contribution in [3.05, 3.63) is 36.8 Å². The van der Waals surface area contributed by atoms with Gasteiger partial charge in [-0.15, -0.1) is 0 Å². The van der Waals surface area contributed by atoms with Crippen LogP contribution >= 0.6 is 0 Å². The lowest BCUT2D eigenvalue weighted by molar-refractivity contribution is 0.0903. The van der Waals surface area contributed by atoms with Gasteiger partial charge in [0.1, 0.15) is 5.65 Å². The molecule has 0 bridgehead atoms. The van der Waals surface area contributed by atoms with Crippen LogP contribution in [0, 0.1) is 0 Å². The van der Waals surface area contributed by atoms with E-state index in [4.69, 9.17) is 4.74 Å². The minimum Gasteiger partial charge on any atom is -0.381 e. The minimum atomic E-state index is 0.383. The van der Waals surface area contributed by atoms with Gasteiger partial charge in [0.2, 0.25) is 5.95 Å². The molecule has 3 aromatic heterocycles. The molecule has 0 spiro atoms. The van der Waals surface area contributed by atoms with Gasteiger partial charge in [-0.1, -0.05) is 0 Å². The van der Waals surface area contributed by atoms with Gasteiger partial charge in [0, 0.05) is 48.8 Å². The van der Waals surface area contributed by atoms with Crippen LogP contribution in [-0.2, 0) is 4.74 Å². The second-order valence-electron chi connectivity index (χ2n) is 5.40. The Morgan fingerprint density at radius 2 is 2.05 bits per heavy atom. The zero-order chi connectivity index (χ0) is 14.8. The first kappa shape index (κ1) is 13.2. The van der Waals surface area contributed by atoms with Crippen molar-refractivity contribution in [3.63, 3.8) is 0 Å². The number of hydrogen-bond acceptors (Lipinski definition) is 5. The smallest absolute Gasteiger partial charge is 0.223 e. The molecule has 6 nitrogen and oxygen atoms in total. The van der Waals surface area contributed by atoms with Crippen LogP contribution in [0.25, 0.3) is 22.3 Å². The molecule has 0 aliphatic carbocycles. The first-order chi connectivity index (χ1) is 10.9. The summed E-state index contributed by atoms with van der Waals surface area (Å²) in [4.78, 5) is 16.5. The van der Waals surface area contributed by atoms with Gasteiger partial charge in [-0.05, 0) is 31.0 Å². The predicted molar refractivity (Wildman–Crippen MR) is 84.6 cm³/mol. The zero-order valence-electron chi connectivity index (χ0n) is 12.1. The van der Waals surface area contributed by atoms with Crippen molar-refractivity contribution < 1.29 is 4.74 Å². The topological polar surface area (TPSA) is 75.7 Å². The summed E-state index contributed by atoms with van der Waals surface area (Å²) < 4.78 is 5.38. The monoisotopic (exact) mass is 295 g/mol. The van der Waals surface area contributed by atoms with Crippen LogP contribution < -0.4 is 5.32 Å². The summed E-state index contributed by atoms with van der Waals surface area (Å²) >= 11 is 0. The van der Waals surface area contributed by atoms with Crippen LogP contribution in [0.1, 0.15) is 12.8 Å². The van der Waals surface area contributed by atoms with Crippen molar-refractivity contribution in [3.8, 4) is 11.3 Å². The second kappa shape index (κ2) is 5.73. The van der Waals surface area contributed by atoms with Crippen molar-refractivity contribution in [1.29, 1.82) is 0 Å². The maximum atomic E-state index is 5.38. The molecule has 2 N–H and O–H groups in total. The van der Waals surface area contributed by atoms with E-state index in [2.05, 4.69) is 25.3 Å². The maximum Gasteiger partial charge on any atom is 0.223 e. The molecule has 1 aliphatic rings. The summed E-state index contributed by atoms with van der Waals surface area (Å²) in [7, 11) is 0. The fourth-order valence-corrected chi connectivity index (χ4v) is 2.77. The molecule has 6 heteroatoms. The highest BCUT2D eigenvalue weighted by Crippen LogP contribution is 2.26. The van der Waals surface area contributed by atoms with Crippen molar-refractivity contribution in [2.75, 3.05) is 18.5 Å². The van der Waals surface area contributed by atoms with Crippen molar-refractivity contribution in [2.45, 2.75) is 18.9 Å². The molecule has 112 valence electrons. The Morgan fingerprint density at radius 3 is 2.95 bits per heavy atom. The Morgan fingerprint density at radius 1 is 1.14 bits per heavy atom. The number of rotatable bonds is 3. The van der Waals surface area contributed by atoms with Gasteiger partial charge in [-0.2, -0.15) is 0 Å². The van der Waals surface area contributed by atoms with Crippen LogP contribution in [0.3, 0.4) is 0 Å². The summed E-state index contributed by atoms with van der Waals surface area (Å²) in [5.74, 6) is 0.669. The highest BCUT2D eigenvalue weighted by molar-refractivity contribution is 5.92. The quantitative estimate of drug-likeness (QED) is 0.777. The predicted octanol–water partition coefficient (Wildman–Crippen LogP) is 2.61. The van der Waals surface area contributed by atoms with Gasteiger partial charge in [-0.3, -0.25) is 0 Å². The number of H-pyrrole nitrogens is 1. The van der Waals surface area contributed by atoms with Gasteiger partial charge in [0.05, 0.1) is 5.69 Å². The lowest BCUT2D eigenvalue weighted by Gasteiger charge is -2.23. The fourth-order valence-electron chi connectivity index (χ4n) is 2.77. The third kappa shape index (κ3) is 2.53. The maximum absolute atomic E-state index is 5.38. The molecule has 1 saturated heterocycles. The van der Waals surface area contributed by atoms with Crippen LogP contribution in [0.5, 0.6) is 0 Å². The standard InChI is InChI=1S/C16H17N5O/c1-2-12-13(10-19-15(12)17-6-1)14-3-7-18-16(21-14)20-11-4-8-22-9-5-11/h1-3,6-7,10-11H,4-5,8-9H2,(H,17,19)(H,18,20,21). The summed E-state index contributed by atoms with van der Waals surface area (Å²) in [6.07, 6.45) is 7.49. The molecule has 3 aromatic rings. The molecule has 0 unspecified atom stereocenters. The highest BCUT2D eigenvalue weighted by atomic mass is 16.5. The molecular formula is C16H17N5O. The normalized spacial score (nSPS) is 16.0. The summed E-state index contributed by atoms with van der Waals surface area (Å²) in [6.45, 7) is 1.59. The Hall–Kier alpha value is -2.47. The van der Waals surface area contributed by atoms with E-state index in [1.54, 1.807) is 12.4 Å². The van der Waals surface area contributed by atoms with E-state index >= 15 is 0 Å². The lowest BCUT2D eigenvalue weighted by Crippen LogP contribution is -2.28. The molecule has 22 heavy (non-hydrogen) atoms. The van der Waals surface area contributed by atoms with Gasteiger partial charge in [0.15, 0.2) is 0 Å². The number of aromatic nitrogens is 4. The first-order valence-electron chi connectivity index (χ1n) is 7.50. The molecule has 1 aliphatic heterocycles. The van der Waals surface area contributed by atoms with E-state index < -0.39 is 0 Å². The molecule has 0 aromatic carbocycles. The van der Waals surface area contributed by atoms with Crippen LogP contribution in [-0.4, -0.2) is 39.2 Å². The Bertz CT molecular complexity index is 779. The van der Waals surface area contributed by atoms with Gasteiger partial charge in [-0.25, -0.2) is 15.0 Å². The summed E-state index contributed by atoms with van der Waals surface area (Å²) in [5, 5.41) is 4.47. The first-order valence-corrected chi connectivity index (χ1v) is 7.50. The average Bonchev–Trinajstić information content (AvgIpc) is 3.00. The second-order valence-corrected chi connectivity index (χ2v) is 5.40. The van der Waals surface area contributed by atoms with E-state index in [1.165, 1.54) is 0 Å². The number of nitrogens with zero attached hydrogens (tertiary/aromatic N) is 3. The molecule has 0 radical (unpaired) electrons. The van der Waals surface area contributed by atoms with Crippen molar-refractivity contribution in [2.24, 2.45) is 0 Å². The van der Waals surface area contributed by atoms with Crippen molar-refractivity contribution in [1.82, 2.24) is 19.9 Å². The largest absolute Gasteiger partial charge is 0.381 e. The summed E-state index contributed by atoms with van der Waals surface area (Å²) in [6, 6.07) is 6.28. The van der Waals surface area contributed by atoms with E-state index in [1.807, 2.05) is 24.4 Å². The van der Waals surface area contributed by atoms with Gasteiger partial charge in [0.25, 0.3) is 0 Å². The van der Waals surface area contributed by atoms with E-state index in [-0.39, 0.29) is 0 Å². The number of anilines is 1. The van der Waals surface area contributed by atoms with Gasteiger partial charge >= 0.3 is 0 Å². The number of ether oxygens (including phenoxy) is 1. The molecule has 0 atom stereocenters. The summed E-state index contributed by atoms with van der Waals surface area (Å²) in [5.41, 5.74) is 2.80. The molecule has 4 heterocycles. The average molecular weight is 295 g/mol. The molecule has 0 saturated carbocycles. The number of pyridine rings is 1.